The first-order valence-corrected chi connectivity index (χ1v) is 18.9. The molecule has 8 aromatic carbocycles. The minimum absolute atomic E-state index is 0.467. The summed E-state index contributed by atoms with van der Waals surface area (Å²) in [5.41, 5.74) is 15.3. The SMILES string of the molecule is c1ccc(N(c2ccc(-c3nc4c(s3)-c3cccc5cccc-4c35)cc2)c2ccc3c(c2)C(c2ccccc2)(c2ccccc2)c2ccccc2-3)cc1. The Kier molecular flexibility index (Phi) is 6.67. The summed E-state index contributed by atoms with van der Waals surface area (Å²) in [5, 5.41) is 3.65. The molecule has 53 heavy (non-hydrogen) atoms. The summed E-state index contributed by atoms with van der Waals surface area (Å²) in [7, 11) is 0. The van der Waals surface area contributed by atoms with E-state index in [4.69, 9.17) is 4.98 Å². The number of benzene rings is 8. The Balaban J connectivity index is 1.06. The van der Waals surface area contributed by atoms with Gasteiger partial charge in [0, 0.05) is 33.8 Å². The van der Waals surface area contributed by atoms with E-state index in [9.17, 15) is 0 Å². The summed E-state index contributed by atoms with van der Waals surface area (Å²) in [6.07, 6.45) is 0. The van der Waals surface area contributed by atoms with Gasteiger partial charge in [0.1, 0.15) is 5.01 Å². The fourth-order valence-corrected chi connectivity index (χ4v) is 10.0. The average Bonchev–Trinajstić information content (AvgIpc) is 3.89. The molecule has 0 saturated carbocycles. The maximum absolute atomic E-state index is 5.23. The second-order valence-corrected chi connectivity index (χ2v) is 14.9. The van der Waals surface area contributed by atoms with E-state index in [2.05, 4.69) is 199 Å². The first-order valence-electron chi connectivity index (χ1n) is 18.1. The van der Waals surface area contributed by atoms with Crippen molar-refractivity contribution < 1.29 is 0 Å². The molecule has 1 heterocycles. The Morgan fingerprint density at radius 2 is 1.00 bits per heavy atom. The molecule has 1 aromatic heterocycles. The van der Waals surface area contributed by atoms with Crippen LogP contribution in [0.2, 0.25) is 0 Å². The van der Waals surface area contributed by atoms with Gasteiger partial charge in [0.2, 0.25) is 0 Å². The van der Waals surface area contributed by atoms with Gasteiger partial charge in [-0.15, -0.1) is 11.3 Å². The lowest BCUT2D eigenvalue weighted by Crippen LogP contribution is -2.28. The van der Waals surface area contributed by atoms with Gasteiger partial charge in [0.25, 0.3) is 0 Å². The molecule has 11 rings (SSSR count). The van der Waals surface area contributed by atoms with Gasteiger partial charge in [0.15, 0.2) is 0 Å². The van der Waals surface area contributed by atoms with Crippen molar-refractivity contribution in [3.8, 4) is 43.4 Å². The van der Waals surface area contributed by atoms with Crippen molar-refractivity contribution in [2.75, 3.05) is 4.90 Å². The van der Waals surface area contributed by atoms with Gasteiger partial charge < -0.3 is 4.90 Å². The highest BCUT2D eigenvalue weighted by Crippen LogP contribution is 2.57. The van der Waals surface area contributed by atoms with Crippen molar-refractivity contribution in [2.24, 2.45) is 0 Å². The van der Waals surface area contributed by atoms with Crippen molar-refractivity contribution in [2.45, 2.75) is 5.41 Å². The van der Waals surface area contributed by atoms with E-state index in [1.54, 1.807) is 11.3 Å². The molecule has 9 aromatic rings. The predicted molar refractivity (Wildman–Crippen MR) is 221 cm³/mol. The zero-order valence-electron chi connectivity index (χ0n) is 28.8. The lowest BCUT2D eigenvalue weighted by atomic mass is 9.67. The van der Waals surface area contributed by atoms with Crippen LogP contribution in [-0.2, 0) is 5.41 Å². The molecule has 3 heteroatoms. The Hall–Kier alpha value is -6.55. The third-order valence-electron chi connectivity index (χ3n) is 11.1. The van der Waals surface area contributed by atoms with Gasteiger partial charge in [-0.25, -0.2) is 4.98 Å². The molecule has 0 bridgehead atoms. The molecule has 0 amide bonds. The molecule has 0 spiro atoms. The topological polar surface area (TPSA) is 16.1 Å². The minimum atomic E-state index is -0.467. The van der Waals surface area contributed by atoms with Crippen LogP contribution in [0.25, 0.3) is 54.2 Å². The quantitative estimate of drug-likeness (QED) is 0.172. The fourth-order valence-electron chi connectivity index (χ4n) is 8.89. The van der Waals surface area contributed by atoms with E-state index in [-0.39, 0.29) is 0 Å². The third kappa shape index (κ3) is 4.41. The van der Waals surface area contributed by atoms with Crippen LogP contribution < -0.4 is 4.90 Å². The van der Waals surface area contributed by atoms with Crippen LogP contribution >= 0.6 is 11.3 Å². The summed E-state index contributed by atoms with van der Waals surface area (Å²) in [6, 6.07) is 70.8. The highest BCUT2D eigenvalue weighted by atomic mass is 32.1. The van der Waals surface area contributed by atoms with Gasteiger partial charge in [-0.05, 0) is 92.7 Å². The third-order valence-corrected chi connectivity index (χ3v) is 12.3. The lowest BCUT2D eigenvalue weighted by molar-refractivity contribution is 0.768. The molecule has 2 aliphatic carbocycles. The van der Waals surface area contributed by atoms with Gasteiger partial charge in [-0.3, -0.25) is 0 Å². The molecule has 0 saturated heterocycles. The Morgan fingerprint density at radius 3 is 1.72 bits per heavy atom. The molecule has 0 radical (unpaired) electrons. The molecular formula is C50H32N2S. The smallest absolute Gasteiger partial charge is 0.124 e. The van der Waals surface area contributed by atoms with E-state index in [0.717, 1.165) is 33.3 Å². The van der Waals surface area contributed by atoms with E-state index in [1.165, 1.54) is 60.2 Å². The molecule has 0 fully saturated rings. The normalized spacial score (nSPS) is 13.1. The molecule has 2 aliphatic rings. The van der Waals surface area contributed by atoms with Crippen molar-refractivity contribution in [1.82, 2.24) is 4.98 Å². The van der Waals surface area contributed by atoms with Gasteiger partial charge in [0.05, 0.1) is 16.0 Å². The number of nitrogens with zero attached hydrogens (tertiary/aromatic N) is 2. The van der Waals surface area contributed by atoms with E-state index in [0.29, 0.717) is 0 Å². The number of fused-ring (bicyclic) bond motifs is 6. The fraction of sp³-hybridized carbons (Fsp3) is 0.0200. The van der Waals surface area contributed by atoms with Crippen LogP contribution in [0.3, 0.4) is 0 Å². The molecular weight excluding hydrogens is 661 g/mol. The standard InChI is InChI=1S/C50H32N2S/c1-4-16-35(17-5-1)50(36-18-6-2-7-19-36)44-25-11-10-22-40(44)41-31-30-39(32-45(41)50)52(37-20-8-3-9-21-37)38-28-26-34(27-29-38)49-51-47-42-23-12-14-33-15-13-24-43(46(33)42)48(47)53-49/h1-32H. The first-order chi connectivity index (χ1) is 26.3. The van der Waals surface area contributed by atoms with E-state index in [1.807, 2.05) is 0 Å². The highest BCUT2D eigenvalue weighted by Gasteiger charge is 2.46. The largest absolute Gasteiger partial charge is 0.310 e. The number of hydrogen-bond donors (Lipinski definition) is 0. The number of hydrogen-bond acceptors (Lipinski definition) is 3. The average molecular weight is 693 g/mol. The van der Waals surface area contributed by atoms with Gasteiger partial charge in [-0.2, -0.15) is 0 Å². The Labute approximate surface area is 312 Å². The van der Waals surface area contributed by atoms with Crippen LogP contribution in [0.1, 0.15) is 22.3 Å². The second kappa shape index (κ2) is 11.7. The maximum atomic E-state index is 5.23. The van der Waals surface area contributed by atoms with E-state index < -0.39 is 5.41 Å². The number of para-hydroxylation sites is 1. The molecule has 0 N–H and O–H groups in total. The number of aromatic nitrogens is 1. The Morgan fingerprint density at radius 1 is 0.434 bits per heavy atom. The second-order valence-electron chi connectivity index (χ2n) is 13.9. The Bertz CT molecular complexity index is 2730. The van der Waals surface area contributed by atoms with Crippen molar-refractivity contribution in [3.05, 3.63) is 216 Å². The van der Waals surface area contributed by atoms with Crippen molar-refractivity contribution in [1.29, 1.82) is 0 Å². The van der Waals surface area contributed by atoms with Gasteiger partial charge >= 0.3 is 0 Å². The molecule has 248 valence electrons. The zero-order valence-corrected chi connectivity index (χ0v) is 29.6. The number of rotatable bonds is 6. The summed E-state index contributed by atoms with van der Waals surface area (Å²) in [4.78, 5) is 8.88. The minimum Gasteiger partial charge on any atom is -0.310 e. The molecule has 0 aliphatic heterocycles. The summed E-state index contributed by atoms with van der Waals surface area (Å²) in [6.45, 7) is 0. The van der Waals surface area contributed by atoms with Crippen LogP contribution in [-0.4, -0.2) is 4.98 Å². The monoisotopic (exact) mass is 692 g/mol. The number of thiazole rings is 1. The summed E-state index contributed by atoms with van der Waals surface area (Å²) < 4.78 is 0. The predicted octanol–water partition coefficient (Wildman–Crippen LogP) is 13.4. The summed E-state index contributed by atoms with van der Waals surface area (Å²) >= 11 is 1.79. The van der Waals surface area contributed by atoms with E-state index >= 15 is 0 Å². The van der Waals surface area contributed by atoms with Crippen LogP contribution in [0.5, 0.6) is 0 Å². The maximum Gasteiger partial charge on any atom is 0.124 e. The van der Waals surface area contributed by atoms with Gasteiger partial charge in [-0.1, -0.05) is 146 Å². The highest BCUT2D eigenvalue weighted by molar-refractivity contribution is 7.19. The van der Waals surface area contributed by atoms with Crippen LogP contribution in [0.15, 0.2) is 194 Å². The molecule has 2 nitrogen and oxygen atoms in total. The lowest BCUT2D eigenvalue weighted by Gasteiger charge is -2.35. The van der Waals surface area contributed by atoms with Crippen molar-refractivity contribution in [3.63, 3.8) is 0 Å². The summed E-state index contributed by atoms with van der Waals surface area (Å²) in [5.74, 6) is 0. The zero-order chi connectivity index (χ0) is 34.9. The molecule has 0 unspecified atom stereocenters. The van der Waals surface area contributed by atoms with Crippen LogP contribution in [0, 0.1) is 0 Å². The molecule has 0 atom stereocenters. The van der Waals surface area contributed by atoms with Crippen molar-refractivity contribution >= 4 is 39.2 Å². The number of anilines is 3. The first kappa shape index (κ1) is 30.1. The van der Waals surface area contributed by atoms with Crippen LogP contribution in [0.4, 0.5) is 17.1 Å².